The molecule has 3 rings (SSSR count). The molecular weight excluding hydrogens is 638 g/mol. The molecule has 3 aromatic rings. The van der Waals surface area contributed by atoms with Gasteiger partial charge < -0.3 is 37.0 Å². The van der Waals surface area contributed by atoms with E-state index >= 15 is 0 Å². The summed E-state index contributed by atoms with van der Waals surface area (Å²) in [6, 6.07) is 22.2. The van der Waals surface area contributed by atoms with Crippen LogP contribution in [0.2, 0.25) is 0 Å². The molecule has 50 heavy (non-hydrogen) atoms. The Kier molecular flexibility index (Phi) is 16.6. The first-order valence-electron chi connectivity index (χ1n) is 16.6. The first-order valence-corrected chi connectivity index (χ1v) is 16.6. The van der Waals surface area contributed by atoms with Crippen LogP contribution >= 0.6 is 0 Å². The van der Waals surface area contributed by atoms with Crippen molar-refractivity contribution >= 4 is 29.6 Å². The van der Waals surface area contributed by atoms with Gasteiger partial charge in [0.25, 0.3) is 0 Å². The first-order chi connectivity index (χ1) is 24.1. The molecule has 0 aromatic heterocycles. The van der Waals surface area contributed by atoms with Crippen LogP contribution in [0.3, 0.4) is 0 Å². The number of likely N-dealkylation sites (N-methyl/N-ethyl adjacent to an activating group) is 2. The summed E-state index contributed by atoms with van der Waals surface area (Å²) < 4.78 is 0. The SMILES string of the molecule is CNCCN(CCNC)CC(=O)NCc1cccc(CNC(=O)[C@H](CC(=O)O)NC(=O)[C@H](Cc2ccc(-c3ccccc3)cc2)NC(C)=O)c1. The monoisotopic (exact) mass is 687 g/mol. The number of carbonyl (C=O) groups is 5. The van der Waals surface area contributed by atoms with Crippen molar-refractivity contribution in [3.63, 3.8) is 0 Å². The normalized spacial score (nSPS) is 12.1. The maximum Gasteiger partial charge on any atom is 0.305 e. The van der Waals surface area contributed by atoms with Crippen molar-refractivity contribution in [2.24, 2.45) is 0 Å². The number of nitrogens with one attached hydrogen (secondary N) is 6. The Labute approximate surface area is 293 Å². The highest BCUT2D eigenvalue weighted by Crippen LogP contribution is 2.20. The number of rotatable bonds is 21. The van der Waals surface area contributed by atoms with E-state index < -0.39 is 42.2 Å². The third-order valence-corrected chi connectivity index (χ3v) is 7.88. The fourth-order valence-electron chi connectivity index (χ4n) is 5.24. The number of carbonyl (C=O) groups excluding carboxylic acids is 4. The topological polar surface area (TPSA) is 181 Å². The molecule has 0 saturated heterocycles. The number of hydrogen-bond donors (Lipinski definition) is 7. The second-order valence-corrected chi connectivity index (χ2v) is 12.0. The van der Waals surface area contributed by atoms with Crippen molar-refractivity contribution in [3.8, 4) is 11.1 Å². The lowest BCUT2D eigenvalue weighted by molar-refractivity contribution is -0.141. The number of aliphatic carboxylic acids is 1. The van der Waals surface area contributed by atoms with E-state index in [1.807, 2.05) is 80.8 Å². The van der Waals surface area contributed by atoms with Gasteiger partial charge in [-0.25, -0.2) is 0 Å². The number of amides is 4. The Bertz CT molecular complexity index is 1540. The lowest BCUT2D eigenvalue weighted by Crippen LogP contribution is -2.54. The van der Waals surface area contributed by atoms with Crippen LogP contribution in [0.1, 0.15) is 30.0 Å². The van der Waals surface area contributed by atoms with Crippen molar-refractivity contribution in [2.45, 2.75) is 44.9 Å². The summed E-state index contributed by atoms with van der Waals surface area (Å²) in [6.45, 7) is 4.91. The summed E-state index contributed by atoms with van der Waals surface area (Å²) in [4.78, 5) is 64.8. The summed E-state index contributed by atoms with van der Waals surface area (Å²) >= 11 is 0. The predicted molar refractivity (Wildman–Crippen MR) is 192 cm³/mol. The maximum atomic E-state index is 13.3. The van der Waals surface area contributed by atoms with Gasteiger partial charge in [0.1, 0.15) is 12.1 Å². The molecule has 0 aliphatic rings. The highest BCUT2D eigenvalue weighted by Gasteiger charge is 2.28. The van der Waals surface area contributed by atoms with E-state index in [9.17, 15) is 29.1 Å². The van der Waals surface area contributed by atoms with Gasteiger partial charge in [-0.2, -0.15) is 0 Å². The van der Waals surface area contributed by atoms with E-state index in [1.54, 1.807) is 12.1 Å². The molecule has 0 heterocycles. The van der Waals surface area contributed by atoms with E-state index in [0.29, 0.717) is 6.54 Å². The number of hydrogen-bond acceptors (Lipinski definition) is 8. The van der Waals surface area contributed by atoms with Crippen molar-refractivity contribution < 1.29 is 29.1 Å². The summed E-state index contributed by atoms with van der Waals surface area (Å²) in [5.41, 5.74) is 4.35. The Morgan fingerprint density at radius 1 is 0.680 bits per heavy atom. The van der Waals surface area contributed by atoms with Gasteiger partial charge in [0.15, 0.2) is 0 Å². The Hall–Kier alpha value is -5.11. The van der Waals surface area contributed by atoms with Crippen molar-refractivity contribution in [1.29, 1.82) is 0 Å². The zero-order valence-electron chi connectivity index (χ0n) is 29.0. The summed E-state index contributed by atoms with van der Waals surface area (Å²) in [7, 11) is 3.73. The molecule has 0 spiro atoms. The maximum absolute atomic E-state index is 13.3. The molecular formula is C37H49N7O6. The molecule has 0 fully saturated rings. The van der Waals surface area contributed by atoms with Crippen molar-refractivity contribution in [1.82, 2.24) is 36.8 Å². The van der Waals surface area contributed by atoms with Crippen LogP contribution in [0.5, 0.6) is 0 Å². The quantitative estimate of drug-likeness (QED) is 0.0861. The molecule has 3 aromatic carbocycles. The average Bonchev–Trinajstić information content (AvgIpc) is 3.10. The van der Waals surface area contributed by atoms with Crippen LogP contribution < -0.4 is 31.9 Å². The van der Waals surface area contributed by atoms with Gasteiger partial charge >= 0.3 is 5.97 Å². The molecule has 2 atom stereocenters. The van der Waals surface area contributed by atoms with Crippen LogP contribution in [0, 0.1) is 0 Å². The second-order valence-electron chi connectivity index (χ2n) is 12.0. The van der Waals surface area contributed by atoms with E-state index in [0.717, 1.165) is 54.0 Å². The zero-order chi connectivity index (χ0) is 36.3. The molecule has 13 heteroatoms. The number of benzene rings is 3. The van der Waals surface area contributed by atoms with Gasteiger partial charge in [-0.3, -0.25) is 28.9 Å². The zero-order valence-corrected chi connectivity index (χ0v) is 29.0. The lowest BCUT2D eigenvalue weighted by Gasteiger charge is -2.22. The minimum Gasteiger partial charge on any atom is -0.481 e. The third-order valence-electron chi connectivity index (χ3n) is 7.88. The Morgan fingerprint density at radius 2 is 1.28 bits per heavy atom. The highest BCUT2D eigenvalue weighted by molar-refractivity contribution is 5.93. The fourth-order valence-corrected chi connectivity index (χ4v) is 5.24. The number of nitrogens with zero attached hydrogens (tertiary/aromatic N) is 1. The van der Waals surface area contributed by atoms with Crippen LogP contribution in [-0.2, 0) is 43.5 Å². The summed E-state index contributed by atoms with van der Waals surface area (Å²) in [5.74, 6) is -3.18. The minimum atomic E-state index is -1.38. The molecule has 13 nitrogen and oxygen atoms in total. The lowest BCUT2D eigenvalue weighted by atomic mass is 10.00. The number of carboxylic acid groups (broad SMARTS) is 1. The highest BCUT2D eigenvalue weighted by atomic mass is 16.4. The Balaban J connectivity index is 1.59. The molecule has 0 aliphatic heterocycles. The smallest absolute Gasteiger partial charge is 0.305 e. The van der Waals surface area contributed by atoms with E-state index in [4.69, 9.17) is 0 Å². The molecule has 7 N–H and O–H groups in total. The summed E-state index contributed by atoms with van der Waals surface area (Å²) in [6.07, 6.45) is -0.517. The van der Waals surface area contributed by atoms with E-state index in [2.05, 4.69) is 36.8 Å². The minimum absolute atomic E-state index is 0.0668. The molecule has 4 amide bonds. The van der Waals surface area contributed by atoms with Gasteiger partial charge in [-0.05, 0) is 41.9 Å². The molecule has 0 bridgehead atoms. The largest absolute Gasteiger partial charge is 0.481 e. The van der Waals surface area contributed by atoms with Crippen LogP contribution in [-0.4, -0.2) is 98.5 Å². The summed E-state index contributed by atoms with van der Waals surface area (Å²) in [5, 5.41) is 26.5. The van der Waals surface area contributed by atoms with Gasteiger partial charge in [0.05, 0.1) is 13.0 Å². The predicted octanol–water partition coefficient (Wildman–Crippen LogP) is 1.03. The van der Waals surface area contributed by atoms with Gasteiger partial charge in [-0.1, -0.05) is 78.9 Å². The van der Waals surface area contributed by atoms with Crippen molar-refractivity contribution in [3.05, 3.63) is 95.6 Å². The Morgan fingerprint density at radius 3 is 1.86 bits per heavy atom. The van der Waals surface area contributed by atoms with Crippen LogP contribution in [0.25, 0.3) is 11.1 Å². The third kappa shape index (κ3) is 14.2. The molecule has 0 saturated carbocycles. The van der Waals surface area contributed by atoms with Crippen molar-refractivity contribution in [2.75, 3.05) is 46.8 Å². The second kappa shape index (κ2) is 21.1. The van der Waals surface area contributed by atoms with Gasteiger partial charge in [-0.15, -0.1) is 0 Å². The molecule has 0 aliphatic carbocycles. The van der Waals surface area contributed by atoms with Crippen LogP contribution in [0.15, 0.2) is 78.9 Å². The molecule has 0 radical (unpaired) electrons. The van der Waals surface area contributed by atoms with Gasteiger partial charge in [0, 0.05) is 52.6 Å². The van der Waals surface area contributed by atoms with Gasteiger partial charge in [0.2, 0.25) is 23.6 Å². The van der Waals surface area contributed by atoms with E-state index in [-0.39, 0.29) is 25.4 Å². The number of carboxylic acids is 1. The van der Waals surface area contributed by atoms with E-state index in [1.165, 1.54) is 6.92 Å². The first kappa shape index (κ1) is 39.3. The standard InChI is InChI=1S/C37H49N7O6/c1-26(45)42-32(21-27-12-14-31(15-13-27)30-10-5-4-6-11-30)37(50)43-33(22-35(47)48)36(49)41-24-29-9-7-8-28(20-29)23-40-34(46)25-44(18-16-38-2)19-17-39-3/h4-15,20,32-33,38-39H,16-19,21-25H2,1-3H3,(H,40,46)(H,41,49)(H,42,45)(H,43,50)(H,47,48)/t32-,33-/m0/s1. The molecule has 268 valence electrons. The average molecular weight is 688 g/mol. The molecule has 0 unspecified atom stereocenters. The van der Waals surface area contributed by atoms with Crippen LogP contribution in [0.4, 0.5) is 0 Å². The fraction of sp³-hybridized carbons (Fsp3) is 0.378.